The summed E-state index contributed by atoms with van der Waals surface area (Å²) < 4.78 is 5.52. The topological polar surface area (TPSA) is 25.4 Å². The van der Waals surface area contributed by atoms with Crippen molar-refractivity contribution in [2.45, 2.75) is 25.3 Å². The Kier molecular flexibility index (Phi) is 3.36. The fourth-order valence-corrected chi connectivity index (χ4v) is 2.30. The zero-order valence-corrected chi connectivity index (χ0v) is 10.5. The third-order valence-corrected chi connectivity index (χ3v) is 3.25. The van der Waals surface area contributed by atoms with Crippen molar-refractivity contribution in [1.82, 2.24) is 4.98 Å². The van der Waals surface area contributed by atoms with Gasteiger partial charge in [0, 0.05) is 30.2 Å². The molecular weight excluding hydrogens is 224 g/mol. The average Bonchev–Trinajstić information content (AvgIpc) is 2.28. The van der Waals surface area contributed by atoms with Gasteiger partial charge in [-0.1, -0.05) is 0 Å². The summed E-state index contributed by atoms with van der Waals surface area (Å²) >= 11 is 5.95. The second kappa shape index (κ2) is 4.60. The van der Waals surface area contributed by atoms with Crippen molar-refractivity contribution in [3.8, 4) is 0 Å². The van der Waals surface area contributed by atoms with E-state index >= 15 is 0 Å². The molecule has 1 aliphatic heterocycles. The van der Waals surface area contributed by atoms with E-state index < -0.39 is 0 Å². The second-order valence-corrected chi connectivity index (χ2v) is 4.92. The van der Waals surface area contributed by atoms with Crippen LogP contribution in [0.3, 0.4) is 0 Å². The molecule has 88 valence electrons. The molecule has 0 bridgehead atoms. The number of rotatable bonds is 2. The lowest BCUT2D eigenvalue weighted by atomic mass is 10.0. The number of ether oxygens (including phenoxy) is 1. The summed E-state index contributed by atoms with van der Waals surface area (Å²) in [5.74, 6) is 0.497. The average molecular weight is 241 g/mol. The molecule has 0 N–H and O–H groups in total. The van der Waals surface area contributed by atoms with E-state index in [1.807, 2.05) is 18.5 Å². The molecule has 0 amide bonds. The second-order valence-electron chi connectivity index (χ2n) is 4.65. The minimum Gasteiger partial charge on any atom is -0.377 e. The Morgan fingerprint density at radius 3 is 3.06 bits per heavy atom. The van der Waals surface area contributed by atoms with Crippen molar-refractivity contribution in [3.05, 3.63) is 24.0 Å². The van der Waals surface area contributed by atoms with Gasteiger partial charge in [-0.25, -0.2) is 0 Å². The highest BCUT2D eigenvalue weighted by Crippen LogP contribution is 2.29. The van der Waals surface area contributed by atoms with Gasteiger partial charge in [0.25, 0.3) is 0 Å². The molecule has 0 unspecified atom stereocenters. The maximum absolute atomic E-state index is 5.95. The van der Waals surface area contributed by atoms with Crippen molar-refractivity contribution in [2.24, 2.45) is 0 Å². The lowest BCUT2D eigenvalue weighted by Gasteiger charge is -2.44. The maximum atomic E-state index is 5.95. The van der Waals surface area contributed by atoms with Gasteiger partial charge in [0.15, 0.2) is 0 Å². The number of pyridine rings is 1. The highest BCUT2D eigenvalue weighted by Gasteiger charge is 2.31. The van der Waals surface area contributed by atoms with Crippen LogP contribution in [0, 0.1) is 0 Å². The third kappa shape index (κ3) is 2.15. The number of aromatic nitrogens is 1. The molecule has 4 heteroatoms. The van der Waals surface area contributed by atoms with Crippen molar-refractivity contribution < 1.29 is 4.74 Å². The van der Waals surface area contributed by atoms with E-state index in [-0.39, 0.29) is 5.54 Å². The Hall–Kier alpha value is -0.800. The summed E-state index contributed by atoms with van der Waals surface area (Å²) in [5.41, 5.74) is 2.28. The first-order chi connectivity index (χ1) is 7.65. The first kappa shape index (κ1) is 11.7. The minimum atomic E-state index is 0.0143. The number of hydrogen-bond donors (Lipinski definition) is 0. The van der Waals surface area contributed by atoms with E-state index in [0.717, 1.165) is 25.3 Å². The van der Waals surface area contributed by atoms with Crippen molar-refractivity contribution in [2.75, 3.05) is 24.7 Å². The smallest absolute Gasteiger partial charge is 0.0694 e. The molecular formula is C12H17ClN2O. The summed E-state index contributed by atoms with van der Waals surface area (Å²) in [6.45, 7) is 6.79. The van der Waals surface area contributed by atoms with Gasteiger partial charge < -0.3 is 9.64 Å². The lowest BCUT2D eigenvalue weighted by molar-refractivity contribution is 0.0643. The van der Waals surface area contributed by atoms with Crippen LogP contribution in [-0.2, 0) is 10.6 Å². The van der Waals surface area contributed by atoms with Crippen LogP contribution in [0.15, 0.2) is 18.5 Å². The molecule has 0 aliphatic carbocycles. The Labute approximate surface area is 101 Å². The molecule has 1 aromatic rings. The molecule has 0 spiro atoms. The zero-order chi connectivity index (χ0) is 11.6. The Morgan fingerprint density at radius 1 is 1.56 bits per heavy atom. The number of hydrogen-bond acceptors (Lipinski definition) is 3. The third-order valence-electron chi connectivity index (χ3n) is 2.96. The van der Waals surface area contributed by atoms with Gasteiger partial charge in [-0.15, -0.1) is 11.6 Å². The maximum Gasteiger partial charge on any atom is 0.0694 e. The number of halogens is 1. The van der Waals surface area contributed by atoms with Gasteiger partial charge in [-0.2, -0.15) is 0 Å². The molecule has 0 aromatic carbocycles. The molecule has 3 nitrogen and oxygen atoms in total. The molecule has 2 rings (SSSR count). The molecule has 1 saturated heterocycles. The minimum absolute atomic E-state index is 0.0143. The van der Waals surface area contributed by atoms with Crippen LogP contribution in [-0.4, -0.2) is 30.3 Å². The molecule has 1 fully saturated rings. The van der Waals surface area contributed by atoms with E-state index in [1.54, 1.807) is 0 Å². The van der Waals surface area contributed by atoms with Crippen LogP contribution in [0.4, 0.5) is 5.69 Å². The SMILES string of the molecule is CC1(C)COCCN1c1ccncc1CCl. The van der Waals surface area contributed by atoms with Gasteiger partial charge in [0.05, 0.1) is 24.6 Å². The predicted octanol–water partition coefficient (Wildman–Crippen LogP) is 2.44. The van der Waals surface area contributed by atoms with E-state index in [0.29, 0.717) is 5.88 Å². The van der Waals surface area contributed by atoms with Gasteiger partial charge in [0.2, 0.25) is 0 Å². The van der Waals surface area contributed by atoms with E-state index in [4.69, 9.17) is 16.3 Å². The van der Waals surface area contributed by atoms with Crippen LogP contribution >= 0.6 is 11.6 Å². The summed E-state index contributed by atoms with van der Waals surface area (Å²) in [6, 6.07) is 2.03. The predicted molar refractivity (Wildman–Crippen MR) is 66.0 cm³/mol. The van der Waals surface area contributed by atoms with Gasteiger partial charge in [-0.05, 0) is 19.9 Å². The molecule has 16 heavy (non-hydrogen) atoms. The van der Waals surface area contributed by atoms with Crippen LogP contribution in [0.25, 0.3) is 0 Å². The molecule has 0 atom stereocenters. The monoisotopic (exact) mass is 240 g/mol. The number of alkyl halides is 1. The van der Waals surface area contributed by atoms with Crippen LogP contribution in [0.2, 0.25) is 0 Å². The molecule has 2 heterocycles. The van der Waals surface area contributed by atoms with Gasteiger partial charge in [0.1, 0.15) is 0 Å². The van der Waals surface area contributed by atoms with Gasteiger partial charge >= 0.3 is 0 Å². The van der Waals surface area contributed by atoms with Crippen LogP contribution in [0.1, 0.15) is 19.4 Å². The Morgan fingerprint density at radius 2 is 2.38 bits per heavy atom. The summed E-state index contributed by atoms with van der Waals surface area (Å²) in [5, 5.41) is 0. The Bertz CT molecular complexity index is 368. The van der Waals surface area contributed by atoms with Crippen molar-refractivity contribution in [3.63, 3.8) is 0 Å². The molecule has 0 radical (unpaired) electrons. The first-order valence-electron chi connectivity index (χ1n) is 5.49. The first-order valence-corrected chi connectivity index (χ1v) is 6.03. The summed E-state index contributed by atoms with van der Waals surface area (Å²) in [4.78, 5) is 6.47. The largest absolute Gasteiger partial charge is 0.377 e. The fourth-order valence-electron chi connectivity index (χ4n) is 2.09. The lowest BCUT2D eigenvalue weighted by Crippen LogP contribution is -2.53. The standard InChI is InChI=1S/C12H17ClN2O/c1-12(2)9-16-6-5-15(12)11-3-4-14-8-10(11)7-13/h3-4,8H,5-7,9H2,1-2H3. The number of morpholine rings is 1. The highest BCUT2D eigenvalue weighted by molar-refractivity contribution is 6.17. The Balaban J connectivity index is 2.34. The number of nitrogens with zero attached hydrogens (tertiary/aromatic N) is 2. The fraction of sp³-hybridized carbons (Fsp3) is 0.583. The molecule has 1 aromatic heterocycles. The zero-order valence-electron chi connectivity index (χ0n) is 9.74. The quantitative estimate of drug-likeness (QED) is 0.743. The number of anilines is 1. The molecule has 1 aliphatic rings. The highest BCUT2D eigenvalue weighted by atomic mass is 35.5. The summed E-state index contributed by atoms with van der Waals surface area (Å²) in [6.07, 6.45) is 3.66. The van der Waals surface area contributed by atoms with E-state index in [9.17, 15) is 0 Å². The summed E-state index contributed by atoms with van der Waals surface area (Å²) in [7, 11) is 0. The van der Waals surface area contributed by atoms with E-state index in [1.165, 1.54) is 5.69 Å². The van der Waals surface area contributed by atoms with Crippen molar-refractivity contribution >= 4 is 17.3 Å². The van der Waals surface area contributed by atoms with Crippen LogP contribution in [0.5, 0.6) is 0 Å². The van der Waals surface area contributed by atoms with E-state index in [2.05, 4.69) is 23.7 Å². The van der Waals surface area contributed by atoms with Crippen LogP contribution < -0.4 is 4.90 Å². The normalized spacial score (nSPS) is 19.8. The van der Waals surface area contributed by atoms with Crippen molar-refractivity contribution in [1.29, 1.82) is 0 Å². The molecule has 0 saturated carbocycles. The van der Waals surface area contributed by atoms with Gasteiger partial charge in [-0.3, -0.25) is 4.98 Å².